The van der Waals surface area contributed by atoms with Crippen LogP contribution in [0.15, 0.2) is 29.1 Å². The minimum Gasteiger partial charge on any atom is -0.342 e. The minimum absolute atomic E-state index is 0.0319. The number of fused-ring (bicyclic) bond motifs is 1. The number of benzene rings is 1. The summed E-state index contributed by atoms with van der Waals surface area (Å²) in [5.41, 5.74) is 1.06. The van der Waals surface area contributed by atoms with Gasteiger partial charge >= 0.3 is 0 Å². The van der Waals surface area contributed by atoms with Crippen LogP contribution >= 0.6 is 0 Å². The number of piperidine rings is 1. The summed E-state index contributed by atoms with van der Waals surface area (Å²) >= 11 is 0. The maximum atomic E-state index is 13.2. The highest BCUT2D eigenvalue weighted by Gasteiger charge is 2.27. The van der Waals surface area contributed by atoms with E-state index in [0.29, 0.717) is 31.0 Å². The van der Waals surface area contributed by atoms with E-state index in [1.807, 2.05) is 4.90 Å². The Balaban J connectivity index is 1.59. The number of hydrogen-bond acceptors (Lipinski definition) is 5. The molecule has 0 radical (unpaired) electrons. The first-order valence-electron chi connectivity index (χ1n) is 10.4. The summed E-state index contributed by atoms with van der Waals surface area (Å²) in [7, 11) is 0. The molecule has 8 nitrogen and oxygen atoms in total. The number of aromatic nitrogens is 5. The molecule has 30 heavy (non-hydrogen) atoms. The van der Waals surface area contributed by atoms with Gasteiger partial charge in [-0.3, -0.25) is 9.59 Å². The lowest BCUT2D eigenvalue weighted by molar-refractivity contribution is -0.132. The third-order valence-corrected chi connectivity index (χ3v) is 5.54. The van der Waals surface area contributed by atoms with Crippen molar-refractivity contribution in [2.24, 2.45) is 0 Å². The molecule has 1 fully saturated rings. The van der Waals surface area contributed by atoms with Gasteiger partial charge in [-0.15, -0.1) is 5.10 Å². The van der Waals surface area contributed by atoms with Crippen LogP contribution in [0.5, 0.6) is 0 Å². The molecule has 158 valence electrons. The first-order chi connectivity index (χ1) is 14.5. The van der Waals surface area contributed by atoms with Crippen molar-refractivity contribution in [1.29, 1.82) is 0 Å². The molecule has 9 heteroatoms. The molecule has 3 aromatic rings. The number of halogens is 1. The van der Waals surface area contributed by atoms with Crippen LogP contribution in [0.25, 0.3) is 11.2 Å². The zero-order chi connectivity index (χ0) is 21.1. The van der Waals surface area contributed by atoms with Crippen LogP contribution in [0, 0.1) is 5.82 Å². The van der Waals surface area contributed by atoms with E-state index < -0.39 is 0 Å². The highest BCUT2D eigenvalue weighted by molar-refractivity contribution is 5.76. The van der Waals surface area contributed by atoms with Crippen molar-refractivity contribution in [3.63, 3.8) is 0 Å². The maximum Gasteiger partial charge on any atom is 0.281 e. The van der Waals surface area contributed by atoms with E-state index in [2.05, 4.69) is 27.2 Å². The quantitative estimate of drug-likeness (QED) is 0.671. The first-order valence-corrected chi connectivity index (χ1v) is 10.4. The molecule has 1 aliphatic rings. The van der Waals surface area contributed by atoms with E-state index in [9.17, 15) is 14.0 Å². The van der Waals surface area contributed by atoms with Crippen molar-refractivity contribution in [3.05, 3.63) is 51.8 Å². The summed E-state index contributed by atoms with van der Waals surface area (Å²) < 4.78 is 14.7. The van der Waals surface area contributed by atoms with Crippen molar-refractivity contribution in [1.82, 2.24) is 29.9 Å². The second-order valence-corrected chi connectivity index (χ2v) is 7.78. The Kier molecular flexibility index (Phi) is 5.87. The molecule has 1 aromatic carbocycles. The maximum absolute atomic E-state index is 13.2. The molecule has 3 heterocycles. The molecule has 1 atom stereocenters. The number of carbonyl (C=O) groups excluding carboxylic acids is 1. The Bertz CT molecular complexity index is 1090. The number of rotatable bonds is 6. The van der Waals surface area contributed by atoms with Crippen LogP contribution in [-0.2, 0) is 11.3 Å². The van der Waals surface area contributed by atoms with Crippen molar-refractivity contribution in [3.8, 4) is 0 Å². The highest BCUT2D eigenvalue weighted by Crippen LogP contribution is 2.25. The average molecular weight is 412 g/mol. The minimum atomic E-state index is -0.338. The van der Waals surface area contributed by atoms with Gasteiger partial charge in [0.25, 0.3) is 5.56 Å². The van der Waals surface area contributed by atoms with Gasteiger partial charge < -0.3 is 9.88 Å². The molecule has 0 spiro atoms. The third kappa shape index (κ3) is 4.24. The lowest BCUT2D eigenvalue weighted by atomic mass is 9.96. The van der Waals surface area contributed by atoms with E-state index in [-0.39, 0.29) is 28.7 Å². The molecule has 1 aliphatic heterocycles. The van der Waals surface area contributed by atoms with Crippen molar-refractivity contribution in [2.75, 3.05) is 13.1 Å². The van der Waals surface area contributed by atoms with Gasteiger partial charge in [0.1, 0.15) is 11.6 Å². The summed E-state index contributed by atoms with van der Waals surface area (Å²) in [6.07, 6.45) is 4.15. The normalized spacial score (nSPS) is 16.9. The predicted molar refractivity (Wildman–Crippen MR) is 110 cm³/mol. The Labute approximate surface area is 173 Å². The van der Waals surface area contributed by atoms with Gasteiger partial charge in [0.05, 0.1) is 6.54 Å². The SMILES string of the molecule is CCCCC(=O)N1CCCC(c2nc3c(nnn3Cc3ccc(F)cc3)c(=O)[nH]2)C1. The summed E-state index contributed by atoms with van der Waals surface area (Å²) in [6, 6.07) is 6.09. The average Bonchev–Trinajstić information content (AvgIpc) is 3.17. The van der Waals surface area contributed by atoms with E-state index in [1.165, 1.54) is 12.1 Å². The predicted octanol–water partition coefficient (Wildman–Crippen LogP) is 2.60. The van der Waals surface area contributed by atoms with E-state index in [0.717, 1.165) is 37.8 Å². The molecular weight excluding hydrogens is 387 g/mol. The van der Waals surface area contributed by atoms with Crippen molar-refractivity contribution in [2.45, 2.75) is 51.5 Å². The van der Waals surface area contributed by atoms with Gasteiger partial charge in [-0.25, -0.2) is 14.1 Å². The Morgan fingerprint density at radius 2 is 2.10 bits per heavy atom. The monoisotopic (exact) mass is 412 g/mol. The molecule has 2 aromatic heterocycles. The number of aromatic amines is 1. The smallest absolute Gasteiger partial charge is 0.281 e. The number of nitrogens with one attached hydrogen (secondary N) is 1. The van der Waals surface area contributed by atoms with Gasteiger partial charge in [0.15, 0.2) is 11.2 Å². The van der Waals surface area contributed by atoms with Gasteiger partial charge in [-0.05, 0) is 37.0 Å². The topological polar surface area (TPSA) is 96.8 Å². The van der Waals surface area contributed by atoms with Crippen LogP contribution in [0.1, 0.15) is 56.3 Å². The van der Waals surface area contributed by atoms with Gasteiger partial charge in [-0.1, -0.05) is 30.7 Å². The number of amides is 1. The molecule has 1 unspecified atom stereocenters. The molecular formula is C21H25FN6O2. The van der Waals surface area contributed by atoms with Crippen LogP contribution < -0.4 is 5.56 Å². The molecule has 4 rings (SSSR count). The number of unbranched alkanes of at least 4 members (excludes halogenated alkanes) is 1. The molecule has 0 aliphatic carbocycles. The number of hydrogen-bond donors (Lipinski definition) is 1. The van der Waals surface area contributed by atoms with Crippen LogP contribution in [-0.4, -0.2) is 48.9 Å². The largest absolute Gasteiger partial charge is 0.342 e. The third-order valence-electron chi connectivity index (χ3n) is 5.54. The van der Waals surface area contributed by atoms with Gasteiger partial charge in [0, 0.05) is 25.4 Å². The summed E-state index contributed by atoms with van der Waals surface area (Å²) in [4.78, 5) is 34.4. The lowest BCUT2D eigenvalue weighted by Crippen LogP contribution is -2.39. The molecule has 1 saturated heterocycles. The van der Waals surface area contributed by atoms with E-state index in [4.69, 9.17) is 0 Å². The number of nitrogens with zero attached hydrogens (tertiary/aromatic N) is 5. The zero-order valence-corrected chi connectivity index (χ0v) is 17.0. The second-order valence-electron chi connectivity index (χ2n) is 7.78. The fraction of sp³-hybridized carbons (Fsp3) is 0.476. The molecule has 1 amide bonds. The first kappa shape index (κ1) is 20.2. The fourth-order valence-corrected chi connectivity index (χ4v) is 3.86. The van der Waals surface area contributed by atoms with Gasteiger partial charge in [-0.2, -0.15) is 0 Å². The zero-order valence-electron chi connectivity index (χ0n) is 17.0. The summed E-state index contributed by atoms with van der Waals surface area (Å²) in [5, 5.41) is 8.03. The molecule has 1 N–H and O–H groups in total. The fourth-order valence-electron chi connectivity index (χ4n) is 3.86. The van der Waals surface area contributed by atoms with Crippen molar-refractivity contribution < 1.29 is 9.18 Å². The van der Waals surface area contributed by atoms with E-state index >= 15 is 0 Å². The second kappa shape index (κ2) is 8.73. The lowest BCUT2D eigenvalue weighted by Gasteiger charge is -2.32. The van der Waals surface area contributed by atoms with Crippen LogP contribution in [0.2, 0.25) is 0 Å². The summed E-state index contributed by atoms with van der Waals surface area (Å²) in [6.45, 7) is 3.70. The van der Waals surface area contributed by atoms with Crippen LogP contribution in [0.3, 0.4) is 0 Å². The van der Waals surface area contributed by atoms with Crippen molar-refractivity contribution >= 4 is 17.1 Å². The van der Waals surface area contributed by atoms with Gasteiger partial charge in [0.2, 0.25) is 5.91 Å². The number of carbonyl (C=O) groups is 1. The Morgan fingerprint density at radius 1 is 1.30 bits per heavy atom. The number of likely N-dealkylation sites (tertiary alicyclic amines) is 1. The van der Waals surface area contributed by atoms with E-state index in [1.54, 1.807) is 16.8 Å². The molecule has 0 bridgehead atoms. The van der Waals surface area contributed by atoms with Crippen LogP contribution in [0.4, 0.5) is 4.39 Å². The Hall–Kier alpha value is -3.10. The standard InChI is InChI=1S/C21H25FN6O2/c1-2-3-6-17(29)27-11-4-5-15(13-27)19-23-20-18(21(30)24-19)25-26-28(20)12-14-7-9-16(22)10-8-14/h7-10,15H,2-6,11-13H2,1H3,(H,23,24,30). The Morgan fingerprint density at radius 3 is 2.87 bits per heavy atom. The highest BCUT2D eigenvalue weighted by atomic mass is 19.1. The number of H-pyrrole nitrogens is 1. The summed E-state index contributed by atoms with van der Waals surface area (Å²) in [5.74, 6) is 0.376. The molecule has 0 saturated carbocycles.